The van der Waals surface area contributed by atoms with Crippen LogP contribution in [0.2, 0.25) is 0 Å². The molecule has 17 heavy (non-hydrogen) atoms. The molecule has 4 N–H and O–H groups in total. The molecule has 1 aromatic heterocycles. The molecule has 0 radical (unpaired) electrons. The fourth-order valence-electron chi connectivity index (χ4n) is 1.50. The number of aromatic amines is 2. The quantitative estimate of drug-likeness (QED) is 0.386. The largest absolute Gasteiger partial charge is 0.387 e. The molecular formula is C7H5N5O5. The molecule has 0 saturated heterocycles. The van der Waals surface area contributed by atoms with Crippen LogP contribution in [-0.2, 0) is 0 Å². The van der Waals surface area contributed by atoms with E-state index in [1.54, 1.807) is 0 Å². The van der Waals surface area contributed by atoms with E-state index in [-0.39, 0.29) is 11.0 Å². The first-order valence-corrected chi connectivity index (χ1v) is 4.25. The number of nitro benzene ring substituents is 2. The molecule has 10 nitrogen and oxygen atoms in total. The Morgan fingerprint density at radius 1 is 1.18 bits per heavy atom. The maximum atomic E-state index is 11.0. The van der Waals surface area contributed by atoms with E-state index in [0.717, 1.165) is 6.07 Å². The Morgan fingerprint density at radius 2 is 1.82 bits per heavy atom. The van der Waals surface area contributed by atoms with E-state index in [1.165, 1.54) is 0 Å². The molecule has 0 unspecified atom stereocenters. The van der Waals surface area contributed by atoms with Gasteiger partial charge in [0.15, 0.2) is 5.69 Å². The molecular weight excluding hydrogens is 234 g/mol. The van der Waals surface area contributed by atoms with Crippen molar-refractivity contribution in [2.24, 2.45) is 0 Å². The van der Waals surface area contributed by atoms with Crippen LogP contribution in [0.4, 0.5) is 17.1 Å². The number of H-pyrrole nitrogens is 2. The molecule has 10 heteroatoms. The highest BCUT2D eigenvalue weighted by Crippen LogP contribution is 2.36. The average molecular weight is 239 g/mol. The lowest BCUT2D eigenvalue weighted by Gasteiger charge is -1.99. The molecule has 2 rings (SSSR count). The molecule has 1 heterocycles. The van der Waals surface area contributed by atoms with Gasteiger partial charge < -0.3 is 10.7 Å². The van der Waals surface area contributed by atoms with E-state index in [0.29, 0.717) is 0 Å². The topological polar surface area (TPSA) is 161 Å². The summed E-state index contributed by atoms with van der Waals surface area (Å²) in [6.45, 7) is 0. The van der Waals surface area contributed by atoms with Gasteiger partial charge >= 0.3 is 17.1 Å². The summed E-state index contributed by atoms with van der Waals surface area (Å²) in [5, 5.41) is 21.4. The first-order chi connectivity index (χ1) is 7.91. The molecule has 0 spiro atoms. The van der Waals surface area contributed by atoms with Crippen molar-refractivity contribution in [3.8, 4) is 0 Å². The van der Waals surface area contributed by atoms with E-state index in [2.05, 4.69) is 9.97 Å². The highest BCUT2D eigenvalue weighted by molar-refractivity contribution is 5.95. The lowest BCUT2D eigenvalue weighted by Crippen LogP contribution is -2.02. The minimum absolute atomic E-state index is 0.0393. The van der Waals surface area contributed by atoms with Crippen molar-refractivity contribution in [2.45, 2.75) is 0 Å². The van der Waals surface area contributed by atoms with Crippen LogP contribution in [0.5, 0.6) is 0 Å². The van der Waals surface area contributed by atoms with Gasteiger partial charge in [0.1, 0.15) is 5.52 Å². The third-order valence-electron chi connectivity index (χ3n) is 2.18. The lowest BCUT2D eigenvalue weighted by atomic mass is 10.2. The first-order valence-electron chi connectivity index (χ1n) is 4.25. The zero-order valence-corrected chi connectivity index (χ0v) is 8.09. The Kier molecular flexibility index (Phi) is 2.06. The summed E-state index contributed by atoms with van der Waals surface area (Å²) in [5.41, 5.74) is 2.53. The first kappa shape index (κ1) is 10.6. The van der Waals surface area contributed by atoms with Crippen molar-refractivity contribution in [3.63, 3.8) is 0 Å². The predicted molar refractivity (Wildman–Crippen MR) is 56.6 cm³/mol. The molecule has 0 bridgehead atoms. The number of nitrogens with two attached hydrogens (primary N) is 1. The number of hydrogen-bond donors (Lipinski definition) is 3. The van der Waals surface area contributed by atoms with E-state index < -0.39 is 32.6 Å². The van der Waals surface area contributed by atoms with Gasteiger partial charge in [0.05, 0.1) is 15.4 Å². The van der Waals surface area contributed by atoms with E-state index >= 15 is 0 Å². The Labute approximate surface area is 91.3 Å². The summed E-state index contributed by atoms with van der Waals surface area (Å²) in [7, 11) is 0. The van der Waals surface area contributed by atoms with Crippen LogP contribution in [0.25, 0.3) is 11.0 Å². The number of imidazole rings is 1. The van der Waals surface area contributed by atoms with Crippen LogP contribution < -0.4 is 11.4 Å². The summed E-state index contributed by atoms with van der Waals surface area (Å²) in [6, 6.07) is 0.968. The summed E-state index contributed by atoms with van der Waals surface area (Å²) < 4.78 is 0. The molecule has 2 aromatic rings. The zero-order chi connectivity index (χ0) is 12.7. The van der Waals surface area contributed by atoms with Crippen LogP contribution in [0.3, 0.4) is 0 Å². The molecule has 1 aromatic carbocycles. The number of benzene rings is 1. The van der Waals surface area contributed by atoms with Gasteiger partial charge in [0, 0.05) is 6.07 Å². The highest BCUT2D eigenvalue weighted by atomic mass is 16.6. The number of hydrogen-bond acceptors (Lipinski definition) is 6. The van der Waals surface area contributed by atoms with Crippen molar-refractivity contribution in [2.75, 3.05) is 5.73 Å². The molecule has 0 amide bonds. The van der Waals surface area contributed by atoms with Crippen LogP contribution in [-0.4, -0.2) is 19.8 Å². The van der Waals surface area contributed by atoms with Gasteiger partial charge in [0.2, 0.25) is 0 Å². The second-order valence-corrected chi connectivity index (χ2v) is 3.17. The lowest BCUT2D eigenvalue weighted by molar-refractivity contribution is -0.391. The molecule has 0 aliphatic rings. The molecule has 0 atom stereocenters. The summed E-state index contributed by atoms with van der Waals surface area (Å²) >= 11 is 0. The standard InChI is InChI=1S/C7H5N5O5/c8-4-3(11(14)15)1-2-5(6(4)12(16)17)10-7(13)9-2/h1H,8H2,(H2,9,10,13). The summed E-state index contributed by atoms with van der Waals surface area (Å²) in [4.78, 5) is 35.1. The molecule has 0 aliphatic heterocycles. The Bertz CT molecular complexity index is 698. The van der Waals surface area contributed by atoms with Crippen molar-refractivity contribution in [1.29, 1.82) is 0 Å². The Morgan fingerprint density at radius 3 is 2.35 bits per heavy atom. The van der Waals surface area contributed by atoms with Gasteiger partial charge in [0.25, 0.3) is 0 Å². The van der Waals surface area contributed by atoms with Gasteiger partial charge in [-0.25, -0.2) is 4.79 Å². The average Bonchev–Trinajstić information content (AvgIpc) is 2.55. The number of nitrogens with zero attached hydrogens (tertiary/aromatic N) is 2. The third kappa shape index (κ3) is 1.47. The Hall–Kier alpha value is -2.91. The van der Waals surface area contributed by atoms with Gasteiger partial charge in [-0.15, -0.1) is 0 Å². The number of rotatable bonds is 2. The SMILES string of the molecule is Nc1c([N+](=O)[O-])cc2[nH]c(=O)[nH]c2c1[N+](=O)[O-]. The van der Waals surface area contributed by atoms with Crippen molar-refractivity contribution in [3.05, 3.63) is 36.8 Å². The Balaban J connectivity index is 2.99. The van der Waals surface area contributed by atoms with E-state index in [4.69, 9.17) is 5.73 Å². The number of fused-ring (bicyclic) bond motifs is 1. The van der Waals surface area contributed by atoms with Crippen molar-refractivity contribution in [1.82, 2.24) is 9.97 Å². The van der Waals surface area contributed by atoms with Gasteiger partial charge in [-0.2, -0.15) is 0 Å². The molecule has 0 fully saturated rings. The molecule has 88 valence electrons. The minimum Gasteiger partial charge on any atom is -0.387 e. The monoisotopic (exact) mass is 239 g/mol. The van der Waals surface area contributed by atoms with Crippen LogP contribution >= 0.6 is 0 Å². The van der Waals surface area contributed by atoms with E-state index in [9.17, 15) is 25.0 Å². The maximum Gasteiger partial charge on any atom is 0.324 e. The third-order valence-corrected chi connectivity index (χ3v) is 2.18. The second-order valence-electron chi connectivity index (χ2n) is 3.17. The number of nitrogen functional groups attached to an aromatic ring is 1. The highest BCUT2D eigenvalue weighted by Gasteiger charge is 2.28. The van der Waals surface area contributed by atoms with Crippen molar-refractivity contribution >= 4 is 28.1 Å². The summed E-state index contributed by atoms with van der Waals surface area (Å²) in [6.07, 6.45) is 0. The van der Waals surface area contributed by atoms with Gasteiger partial charge in [-0.05, 0) is 0 Å². The second kappa shape index (κ2) is 3.30. The van der Waals surface area contributed by atoms with Crippen molar-refractivity contribution < 1.29 is 9.85 Å². The fraction of sp³-hybridized carbons (Fsp3) is 0. The number of nitrogens with one attached hydrogen (secondary N) is 2. The predicted octanol–water partition coefficient (Wildman–Crippen LogP) is 0.255. The fourth-order valence-corrected chi connectivity index (χ4v) is 1.50. The van der Waals surface area contributed by atoms with Crippen LogP contribution in [0.15, 0.2) is 10.9 Å². The number of aromatic nitrogens is 2. The molecule has 0 aliphatic carbocycles. The zero-order valence-electron chi connectivity index (χ0n) is 8.09. The number of nitro groups is 2. The smallest absolute Gasteiger partial charge is 0.324 e. The minimum atomic E-state index is -0.881. The van der Waals surface area contributed by atoms with E-state index in [1.807, 2.05) is 0 Å². The molecule has 0 saturated carbocycles. The van der Waals surface area contributed by atoms with Crippen LogP contribution in [0.1, 0.15) is 0 Å². The number of anilines is 1. The normalized spacial score (nSPS) is 10.6. The maximum absolute atomic E-state index is 11.0. The van der Waals surface area contributed by atoms with Gasteiger partial charge in [-0.1, -0.05) is 0 Å². The van der Waals surface area contributed by atoms with Gasteiger partial charge in [-0.3, -0.25) is 25.2 Å². The summed E-state index contributed by atoms with van der Waals surface area (Å²) in [5.74, 6) is 0. The van der Waals surface area contributed by atoms with Crippen LogP contribution in [0, 0.1) is 20.2 Å².